The van der Waals surface area contributed by atoms with Crippen molar-refractivity contribution in [2.45, 2.75) is 27.7 Å². The van der Waals surface area contributed by atoms with Gasteiger partial charge in [0.2, 0.25) is 0 Å². The van der Waals surface area contributed by atoms with Crippen LogP contribution in [-0.4, -0.2) is 14.8 Å². The Balaban J connectivity index is 2.07. The average molecular weight is 353 g/mol. The minimum Gasteiger partial charge on any atom is -0.274 e. The van der Waals surface area contributed by atoms with E-state index in [1.165, 1.54) is 22.3 Å². The molecule has 134 valence electrons. The molecule has 3 heteroatoms. The maximum Gasteiger partial charge on any atom is 0.169 e. The fourth-order valence-electron chi connectivity index (χ4n) is 3.58. The second-order valence-corrected chi connectivity index (χ2v) is 7.11. The van der Waals surface area contributed by atoms with Gasteiger partial charge in [-0.25, -0.2) is 0 Å². The lowest BCUT2D eigenvalue weighted by Crippen LogP contribution is -2.05. The summed E-state index contributed by atoms with van der Waals surface area (Å²) in [5.74, 6) is 1.75. The first-order chi connectivity index (χ1) is 13.1. The molecule has 27 heavy (non-hydrogen) atoms. The smallest absolute Gasteiger partial charge is 0.169 e. The van der Waals surface area contributed by atoms with Gasteiger partial charge in [0.25, 0.3) is 0 Å². The zero-order chi connectivity index (χ0) is 19.0. The molecule has 0 N–H and O–H groups in total. The van der Waals surface area contributed by atoms with Crippen LogP contribution in [0.3, 0.4) is 0 Å². The Bertz CT molecular complexity index is 1090. The fraction of sp³-hybridized carbons (Fsp3) is 0.167. The average Bonchev–Trinajstić information content (AvgIpc) is 3.09. The first-order valence-electron chi connectivity index (χ1n) is 9.21. The standard InChI is InChI=1S/C24H23N3/c1-16-13-14-17(2)21(15-16)24-26-25-23(20-11-6-5-7-12-20)27(24)22-18(3)9-8-10-19(22)4/h5-15H,1-4H3. The van der Waals surface area contributed by atoms with Gasteiger partial charge >= 0.3 is 0 Å². The van der Waals surface area contributed by atoms with Gasteiger partial charge in [0.1, 0.15) is 0 Å². The maximum atomic E-state index is 4.64. The molecule has 0 aliphatic heterocycles. The van der Waals surface area contributed by atoms with Crippen LogP contribution in [0.4, 0.5) is 0 Å². The SMILES string of the molecule is Cc1ccc(C)c(-c2nnc(-c3ccccc3)n2-c2c(C)cccc2C)c1. The van der Waals surface area contributed by atoms with Crippen molar-refractivity contribution in [3.63, 3.8) is 0 Å². The molecule has 3 nitrogen and oxygen atoms in total. The van der Waals surface area contributed by atoms with Crippen LogP contribution in [0.25, 0.3) is 28.5 Å². The molecule has 0 unspecified atom stereocenters. The topological polar surface area (TPSA) is 30.7 Å². The first-order valence-corrected chi connectivity index (χ1v) is 9.21. The van der Waals surface area contributed by atoms with E-state index in [0.29, 0.717) is 0 Å². The van der Waals surface area contributed by atoms with Crippen LogP contribution >= 0.6 is 0 Å². The lowest BCUT2D eigenvalue weighted by atomic mass is 10.0. The fourth-order valence-corrected chi connectivity index (χ4v) is 3.58. The van der Waals surface area contributed by atoms with Crippen LogP contribution in [0, 0.1) is 27.7 Å². The predicted octanol–water partition coefficient (Wildman–Crippen LogP) is 5.83. The van der Waals surface area contributed by atoms with Crippen molar-refractivity contribution in [1.29, 1.82) is 0 Å². The minimum atomic E-state index is 0.865. The van der Waals surface area contributed by atoms with E-state index in [1.807, 2.05) is 18.2 Å². The lowest BCUT2D eigenvalue weighted by Gasteiger charge is -2.17. The van der Waals surface area contributed by atoms with Crippen LogP contribution in [0.2, 0.25) is 0 Å². The number of hydrogen-bond donors (Lipinski definition) is 0. The summed E-state index contributed by atoms with van der Waals surface area (Å²) in [6.07, 6.45) is 0. The highest BCUT2D eigenvalue weighted by molar-refractivity contribution is 5.70. The van der Waals surface area contributed by atoms with Crippen molar-refractivity contribution >= 4 is 0 Å². The Morgan fingerprint density at radius 2 is 1.30 bits per heavy atom. The number of rotatable bonds is 3. The van der Waals surface area contributed by atoms with Gasteiger partial charge in [0.05, 0.1) is 5.69 Å². The van der Waals surface area contributed by atoms with E-state index in [4.69, 9.17) is 0 Å². The van der Waals surface area contributed by atoms with E-state index < -0.39 is 0 Å². The first kappa shape index (κ1) is 17.2. The number of aromatic nitrogens is 3. The summed E-state index contributed by atoms with van der Waals surface area (Å²) >= 11 is 0. The summed E-state index contributed by atoms with van der Waals surface area (Å²) in [7, 11) is 0. The van der Waals surface area contributed by atoms with Crippen LogP contribution in [0.1, 0.15) is 22.3 Å². The van der Waals surface area contributed by atoms with Gasteiger partial charge in [-0.1, -0.05) is 66.2 Å². The molecule has 1 aromatic heterocycles. The zero-order valence-electron chi connectivity index (χ0n) is 16.2. The zero-order valence-corrected chi connectivity index (χ0v) is 16.2. The van der Waals surface area contributed by atoms with Gasteiger partial charge in [0, 0.05) is 11.1 Å². The second-order valence-electron chi connectivity index (χ2n) is 7.11. The lowest BCUT2D eigenvalue weighted by molar-refractivity contribution is 1.03. The molecule has 4 rings (SSSR count). The van der Waals surface area contributed by atoms with Crippen LogP contribution in [-0.2, 0) is 0 Å². The molecule has 0 spiro atoms. The molecule has 1 heterocycles. The van der Waals surface area contributed by atoms with E-state index in [-0.39, 0.29) is 0 Å². The summed E-state index contributed by atoms with van der Waals surface area (Å²) < 4.78 is 2.21. The van der Waals surface area contributed by atoms with Crippen molar-refractivity contribution in [2.75, 3.05) is 0 Å². The Labute approximate surface area is 160 Å². The molecular formula is C24H23N3. The van der Waals surface area contributed by atoms with Crippen LogP contribution in [0.15, 0.2) is 66.7 Å². The maximum absolute atomic E-state index is 4.64. The van der Waals surface area contributed by atoms with Gasteiger partial charge in [-0.15, -0.1) is 10.2 Å². The molecule has 4 aromatic rings. The van der Waals surface area contributed by atoms with Crippen molar-refractivity contribution < 1.29 is 0 Å². The van der Waals surface area contributed by atoms with E-state index >= 15 is 0 Å². The normalized spacial score (nSPS) is 11.0. The van der Waals surface area contributed by atoms with Gasteiger partial charge < -0.3 is 0 Å². The third-order valence-corrected chi connectivity index (χ3v) is 4.99. The number of benzene rings is 3. The third-order valence-electron chi connectivity index (χ3n) is 4.99. The quantitative estimate of drug-likeness (QED) is 0.463. The highest BCUT2D eigenvalue weighted by Gasteiger charge is 2.20. The van der Waals surface area contributed by atoms with Gasteiger partial charge in [-0.2, -0.15) is 0 Å². The molecule has 0 aliphatic carbocycles. The van der Waals surface area contributed by atoms with E-state index in [9.17, 15) is 0 Å². The van der Waals surface area contributed by atoms with Crippen LogP contribution in [0.5, 0.6) is 0 Å². The summed E-state index contributed by atoms with van der Waals surface area (Å²) in [5, 5.41) is 9.24. The van der Waals surface area contributed by atoms with Crippen molar-refractivity contribution in [2.24, 2.45) is 0 Å². The van der Waals surface area contributed by atoms with Gasteiger partial charge in [-0.3, -0.25) is 4.57 Å². The molecule has 0 aliphatic rings. The highest BCUT2D eigenvalue weighted by atomic mass is 15.3. The molecule has 0 radical (unpaired) electrons. The molecule has 0 saturated heterocycles. The predicted molar refractivity (Wildman–Crippen MR) is 111 cm³/mol. The Hall–Kier alpha value is -3.20. The highest BCUT2D eigenvalue weighted by Crippen LogP contribution is 2.33. The Morgan fingerprint density at radius 3 is 2.00 bits per heavy atom. The second kappa shape index (κ2) is 6.84. The molecule has 3 aromatic carbocycles. The van der Waals surface area contributed by atoms with E-state index in [0.717, 1.165) is 28.5 Å². The Morgan fingerprint density at radius 1 is 0.630 bits per heavy atom. The number of aryl methyl sites for hydroxylation is 4. The molecule has 0 amide bonds. The molecule has 0 saturated carbocycles. The van der Waals surface area contributed by atoms with E-state index in [2.05, 4.69) is 91.0 Å². The van der Waals surface area contributed by atoms with E-state index in [1.54, 1.807) is 0 Å². The van der Waals surface area contributed by atoms with Gasteiger partial charge in [-0.05, 0) is 50.5 Å². The summed E-state index contributed by atoms with van der Waals surface area (Å²) in [6.45, 7) is 8.52. The summed E-state index contributed by atoms with van der Waals surface area (Å²) in [5.41, 5.74) is 8.15. The third kappa shape index (κ3) is 3.06. The monoisotopic (exact) mass is 353 g/mol. The van der Waals surface area contributed by atoms with Crippen LogP contribution < -0.4 is 0 Å². The number of nitrogens with zero attached hydrogens (tertiary/aromatic N) is 3. The molecule has 0 fully saturated rings. The molecule has 0 atom stereocenters. The van der Waals surface area contributed by atoms with Crippen molar-refractivity contribution in [3.05, 3.63) is 89.0 Å². The number of para-hydroxylation sites is 1. The van der Waals surface area contributed by atoms with Gasteiger partial charge in [0.15, 0.2) is 11.6 Å². The van der Waals surface area contributed by atoms with Crippen molar-refractivity contribution in [1.82, 2.24) is 14.8 Å². The minimum absolute atomic E-state index is 0.865. The number of hydrogen-bond acceptors (Lipinski definition) is 2. The largest absolute Gasteiger partial charge is 0.274 e. The summed E-state index contributed by atoms with van der Waals surface area (Å²) in [6, 6.07) is 23.1. The molecular weight excluding hydrogens is 330 g/mol. The molecule has 0 bridgehead atoms. The Kier molecular flexibility index (Phi) is 4.36. The van der Waals surface area contributed by atoms with Crippen molar-refractivity contribution in [3.8, 4) is 28.5 Å². The summed E-state index contributed by atoms with van der Waals surface area (Å²) in [4.78, 5) is 0.